The van der Waals surface area contributed by atoms with E-state index in [0.29, 0.717) is 58.0 Å². The maximum atomic E-state index is 14.5. The number of hydrogen-bond acceptors (Lipinski definition) is 7. The normalized spacial score (nSPS) is 18.4. The van der Waals surface area contributed by atoms with Crippen molar-refractivity contribution in [3.63, 3.8) is 0 Å². The number of fused-ring (bicyclic) bond motifs is 4. The Morgan fingerprint density at radius 1 is 0.912 bits per heavy atom. The van der Waals surface area contributed by atoms with Crippen LogP contribution in [-0.2, 0) is 10.3 Å². The van der Waals surface area contributed by atoms with Crippen LogP contribution in [0.25, 0.3) is 22.4 Å². The van der Waals surface area contributed by atoms with Crippen molar-refractivity contribution in [3.8, 4) is 33.9 Å². The lowest BCUT2D eigenvalue weighted by molar-refractivity contribution is 0.0636. The van der Waals surface area contributed by atoms with Crippen LogP contribution in [-0.4, -0.2) is 27.5 Å². The number of benzene rings is 1. The summed E-state index contributed by atoms with van der Waals surface area (Å²) in [6, 6.07) is 11.8. The van der Waals surface area contributed by atoms with Gasteiger partial charge in [-0.2, -0.15) is 4.39 Å². The minimum absolute atomic E-state index is 0.0359. The van der Waals surface area contributed by atoms with E-state index in [1.165, 1.54) is 18.5 Å². The van der Waals surface area contributed by atoms with Crippen molar-refractivity contribution in [2.75, 3.05) is 6.54 Å². The number of halogens is 2. The third-order valence-electron chi connectivity index (χ3n) is 6.02. The second-order valence-corrected chi connectivity index (χ2v) is 8.01. The summed E-state index contributed by atoms with van der Waals surface area (Å²) in [6.07, 6.45) is 6.09. The quantitative estimate of drug-likeness (QED) is 0.443. The molecule has 34 heavy (non-hydrogen) atoms. The number of hydrogen-bond donors (Lipinski definition) is 1. The highest BCUT2D eigenvalue weighted by Crippen LogP contribution is 2.52. The lowest BCUT2D eigenvalue weighted by Crippen LogP contribution is -2.42. The van der Waals surface area contributed by atoms with Crippen LogP contribution in [0.5, 0.6) is 11.5 Å². The first kappa shape index (κ1) is 20.2. The number of nitrogens with two attached hydrogens (primary N) is 1. The number of aliphatic imine (C=N–C) groups is 1. The molecule has 4 aromatic rings. The molecular formula is C25H17F2N5O2. The van der Waals surface area contributed by atoms with Crippen molar-refractivity contribution in [1.29, 1.82) is 0 Å². The highest BCUT2D eigenvalue weighted by atomic mass is 19.1. The van der Waals surface area contributed by atoms with E-state index in [2.05, 4.69) is 19.9 Å². The summed E-state index contributed by atoms with van der Waals surface area (Å²) in [7, 11) is 0. The van der Waals surface area contributed by atoms with Gasteiger partial charge >= 0.3 is 0 Å². The summed E-state index contributed by atoms with van der Waals surface area (Å²) in [5.41, 5.74) is 8.29. The fourth-order valence-corrected chi connectivity index (χ4v) is 4.48. The van der Waals surface area contributed by atoms with Crippen molar-refractivity contribution in [2.45, 2.75) is 12.0 Å². The molecule has 0 aliphatic carbocycles. The molecule has 9 heteroatoms. The zero-order chi connectivity index (χ0) is 23.3. The van der Waals surface area contributed by atoms with Crippen LogP contribution >= 0.6 is 0 Å². The number of ether oxygens (including phenoxy) is 2. The van der Waals surface area contributed by atoms with Gasteiger partial charge in [-0.25, -0.2) is 14.4 Å². The van der Waals surface area contributed by atoms with Gasteiger partial charge in [-0.3, -0.25) is 9.97 Å². The summed E-state index contributed by atoms with van der Waals surface area (Å²) < 4.78 is 40.7. The molecule has 6 rings (SSSR count). The Morgan fingerprint density at radius 3 is 2.62 bits per heavy atom. The molecule has 0 bridgehead atoms. The molecule has 0 radical (unpaired) electrons. The van der Waals surface area contributed by atoms with Gasteiger partial charge in [0.2, 0.25) is 5.95 Å². The second-order valence-electron chi connectivity index (χ2n) is 8.01. The molecular weight excluding hydrogens is 440 g/mol. The number of nitrogens with zero attached hydrogens (tertiary/aromatic N) is 4. The van der Waals surface area contributed by atoms with Crippen LogP contribution in [0.1, 0.15) is 17.5 Å². The standard InChI is InChI=1S/C25H17F2N5O2/c26-16-8-15(11-29-12-16)20-10-19-22(13-32-20)33-21-4-3-14(17-2-1-6-30-23(17)27)9-18(21)25(19)5-7-31-24(28)34-25/h1-4,6,8-13H,5,7H2,(H2,28,31)/t25-/m0/s1. The summed E-state index contributed by atoms with van der Waals surface area (Å²) in [5.74, 6) is -0.0287. The van der Waals surface area contributed by atoms with Crippen LogP contribution in [0.2, 0.25) is 0 Å². The predicted molar refractivity (Wildman–Crippen MR) is 120 cm³/mol. The first-order chi connectivity index (χ1) is 16.5. The zero-order valence-electron chi connectivity index (χ0n) is 17.7. The van der Waals surface area contributed by atoms with E-state index in [1.54, 1.807) is 36.5 Å². The topological polar surface area (TPSA) is 95.5 Å². The van der Waals surface area contributed by atoms with Gasteiger partial charge in [0.25, 0.3) is 6.02 Å². The summed E-state index contributed by atoms with van der Waals surface area (Å²) >= 11 is 0. The molecule has 3 aromatic heterocycles. The number of aromatic nitrogens is 3. The SMILES string of the molecule is NC1=NCC[C@]2(O1)c1cc(-c3cccnc3F)ccc1Oc1cnc(-c3cncc(F)c3)cc12. The Hall–Kier alpha value is -4.40. The molecule has 0 unspecified atom stereocenters. The van der Waals surface area contributed by atoms with Crippen LogP contribution in [0, 0.1) is 11.8 Å². The Balaban J connectivity index is 1.56. The number of amidine groups is 1. The zero-order valence-corrected chi connectivity index (χ0v) is 17.7. The molecule has 2 aliphatic heterocycles. The van der Waals surface area contributed by atoms with E-state index < -0.39 is 17.4 Å². The van der Waals surface area contributed by atoms with E-state index >= 15 is 0 Å². The van der Waals surface area contributed by atoms with E-state index in [0.717, 1.165) is 6.20 Å². The summed E-state index contributed by atoms with van der Waals surface area (Å²) in [5, 5.41) is 0. The molecule has 0 saturated carbocycles. The Morgan fingerprint density at radius 2 is 1.79 bits per heavy atom. The van der Waals surface area contributed by atoms with Gasteiger partial charge in [-0.15, -0.1) is 0 Å². The molecule has 7 nitrogen and oxygen atoms in total. The fourth-order valence-electron chi connectivity index (χ4n) is 4.48. The largest absolute Gasteiger partial charge is 0.455 e. The van der Waals surface area contributed by atoms with Gasteiger partial charge in [0.05, 0.1) is 18.1 Å². The van der Waals surface area contributed by atoms with E-state index in [-0.39, 0.29) is 6.02 Å². The molecule has 0 fully saturated rings. The van der Waals surface area contributed by atoms with Crippen molar-refractivity contribution in [1.82, 2.24) is 15.0 Å². The Kier molecular flexibility index (Phi) is 4.51. The molecule has 168 valence electrons. The monoisotopic (exact) mass is 457 g/mol. The van der Waals surface area contributed by atoms with E-state index in [4.69, 9.17) is 15.2 Å². The van der Waals surface area contributed by atoms with Crippen LogP contribution in [0.15, 0.2) is 72.2 Å². The second kappa shape index (κ2) is 7.58. The van der Waals surface area contributed by atoms with Crippen LogP contribution < -0.4 is 10.5 Å². The molecule has 2 aliphatic rings. The van der Waals surface area contributed by atoms with Crippen LogP contribution in [0.4, 0.5) is 8.78 Å². The molecule has 5 heterocycles. The summed E-state index contributed by atoms with van der Waals surface area (Å²) in [6.45, 7) is 0.412. The van der Waals surface area contributed by atoms with E-state index in [9.17, 15) is 8.78 Å². The third-order valence-corrected chi connectivity index (χ3v) is 6.02. The smallest absolute Gasteiger partial charge is 0.283 e. The average molecular weight is 457 g/mol. The maximum absolute atomic E-state index is 14.5. The predicted octanol–water partition coefficient (Wildman–Crippen LogP) is 4.57. The van der Waals surface area contributed by atoms with Gasteiger partial charge in [-0.1, -0.05) is 6.07 Å². The minimum atomic E-state index is -1.05. The van der Waals surface area contributed by atoms with Crippen LogP contribution in [0.3, 0.4) is 0 Å². The van der Waals surface area contributed by atoms with Gasteiger partial charge in [0.15, 0.2) is 11.4 Å². The number of pyridine rings is 3. The van der Waals surface area contributed by atoms with E-state index in [1.807, 2.05) is 6.07 Å². The number of rotatable bonds is 2. The van der Waals surface area contributed by atoms with Crippen molar-refractivity contribution >= 4 is 6.02 Å². The Bertz CT molecular complexity index is 1480. The highest BCUT2D eigenvalue weighted by molar-refractivity contribution is 5.76. The first-order valence-electron chi connectivity index (χ1n) is 10.6. The van der Waals surface area contributed by atoms with Gasteiger partial charge in [0.1, 0.15) is 11.6 Å². The lowest BCUT2D eigenvalue weighted by Gasteiger charge is -2.41. The molecule has 2 N–H and O–H groups in total. The third kappa shape index (κ3) is 3.16. The highest BCUT2D eigenvalue weighted by Gasteiger charge is 2.47. The van der Waals surface area contributed by atoms with Gasteiger partial charge < -0.3 is 15.2 Å². The molecule has 1 aromatic carbocycles. The van der Waals surface area contributed by atoms with Crippen molar-refractivity contribution in [3.05, 3.63) is 90.1 Å². The van der Waals surface area contributed by atoms with Crippen molar-refractivity contribution < 1.29 is 18.3 Å². The summed E-state index contributed by atoms with van der Waals surface area (Å²) in [4.78, 5) is 16.3. The molecule has 1 spiro atoms. The minimum Gasteiger partial charge on any atom is -0.455 e. The molecule has 1 atom stereocenters. The Labute approximate surface area is 193 Å². The maximum Gasteiger partial charge on any atom is 0.283 e. The average Bonchev–Trinajstić information content (AvgIpc) is 2.84. The molecule has 0 amide bonds. The lowest BCUT2D eigenvalue weighted by atomic mass is 9.79. The molecule has 0 saturated heterocycles. The fraction of sp³-hybridized carbons (Fsp3) is 0.120. The van der Waals surface area contributed by atoms with Crippen molar-refractivity contribution in [2.24, 2.45) is 10.7 Å². The van der Waals surface area contributed by atoms with Gasteiger partial charge in [0, 0.05) is 47.6 Å². The first-order valence-corrected chi connectivity index (χ1v) is 10.6. The van der Waals surface area contributed by atoms with Gasteiger partial charge in [-0.05, 0) is 42.0 Å².